The number of aromatic nitrogens is 1. The van der Waals surface area contributed by atoms with E-state index in [4.69, 9.17) is 5.84 Å². The Morgan fingerprint density at radius 2 is 2.12 bits per heavy atom. The van der Waals surface area contributed by atoms with Crippen molar-refractivity contribution in [2.75, 3.05) is 12.5 Å². The van der Waals surface area contributed by atoms with Crippen molar-refractivity contribution in [2.24, 2.45) is 5.84 Å². The quantitative estimate of drug-likeness (QED) is 0.591. The first kappa shape index (κ1) is 12.9. The average molecular weight is 222 g/mol. The number of hydrogen-bond donors (Lipinski definition) is 2. The van der Waals surface area contributed by atoms with Crippen LogP contribution in [0.5, 0.6) is 0 Å². The second kappa shape index (κ2) is 5.27. The van der Waals surface area contributed by atoms with Gasteiger partial charge in [-0.15, -0.1) is 0 Å². The third-order valence-electron chi connectivity index (χ3n) is 3.25. The van der Waals surface area contributed by atoms with E-state index in [0.717, 1.165) is 18.7 Å². The number of pyridine rings is 1. The van der Waals surface area contributed by atoms with E-state index in [1.807, 2.05) is 18.2 Å². The molecule has 0 aliphatic heterocycles. The molecule has 0 saturated heterocycles. The van der Waals surface area contributed by atoms with Gasteiger partial charge in [0.1, 0.15) is 5.82 Å². The molecule has 0 amide bonds. The minimum Gasteiger partial charge on any atom is -0.308 e. The highest BCUT2D eigenvalue weighted by molar-refractivity contribution is 5.33. The largest absolute Gasteiger partial charge is 0.308 e. The summed E-state index contributed by atoms with van der Waals surface area (Å²) in [4.78, 5) is 6.70. The monoisotopic (exact) mass is 222 g/mol. The van der Waals surface area contributed by atoms with Gasteiger partial charge in [0.15, 0.2) is 0 Å². The van der Waals surface area contributed by atoms with E-state index in [2.05, 4.69) is 43.1 Å². The van der Waals surface area contributed by atoms with Gasteiger partial charge in [0, 0.05) is 12.1 Å². The fraction of sp³-hybridized carbons (Fsp3) is 0.583. The number of hydrazine groups is 1. The number of nitrogen functional groups attached to an aromatic ring is 1. The van der Waals surface area contributed by atoms with E-state index < -0.39 is 0 Å². The zero-order valence-corrected chi connectivity index (χ0v) is 10.6. The zero-order chi connectivity index (χ0) is 12.2. The Morgan fingerprint density at radius 1 is 1.44 bits per heavy atom. The third-order valence-corrected chi connectivity index (χ3v) is 3.25. The molecule has 90 valence electrons. The predicted octanol–water partition coefficient (Wildman–Crippen LogP) is 1.99. The molecule has 4 nitrogen and oxygen atoms in total. The molecule has 0 fully saturated rings. The first-order valence-corrected chi connectivity index (χ1v) is 5.63. The van der Waals surface area contributed by atoms with Crippen molar-refractivity contribution in [3.05, 3.63) is 23.9 Å². The van der Waals surface area contributed by atoms with Crippen LogP contribution in [0.1, 0.15) is 32.9 Å². The van der Waals surface area contributed by atoms with Gasteiger partial charge in [-0.2, -0.15) is 0 Å². The number of hydrogen-bond acceptors (Lipinski definition) is 4. The highest BCUT2D eigenvalue weighted by atomic mass is 15.3. The maximum atomic E-state index is 5.34. The molecule has 1 aromatic heterocycles. The van der Waals surface area contributed by atoms with Crippen molar-refractivity contribution < 1.29 is 0 Å². The number of nitrogens with one attached hydrogen (secondary N) is 1. The van der Waals surface area contributed by atoms with Crippen LogP contribution >= 0.6 is 0 Å². The van der Waals surface area contributed by atoms with Crippen molar-refractivity contribution in [1.82, 2.24) is 9.88 Å². The van der Waals surface area contributed by atoms with E-state index in [0.29, 0.717) is 5.82 Å². The van der Waals surface area contributed by atoms with Crippen LogP contribution in [0.15, 0.2) is 18.2 Å². The second-order valence-corrected chi connectivity index (χ2v) is 4.68. The van der Waals surface area contributed by atoms with Gasteiger partial charge in [0.2, 0.25) is 0 Å². The Bertz CT molecular complexity index is 336. The summed E-state index contributed by atoms with van der Waals surface area (Å²) < 4.78 is 0. The number of rotatable bonds is 5. The van der Waals surface area contributed by atoms with Crippen LogP contribution in [0, 0.1) is 0 Å². The number of nitrogens with two attached hydrogens (primary N) is 1. The van der Waals surface area contributed by atoms with Crippen LogP contribution in [0.3, 0.4) is 0 Å². The molecule has 0 aromatic carbocycles. The molecular weight excluding hydrogens is 200 g/mol. The van der Waals surface area contributed by atoms with Gasteiger partial charge in [-0.05, 0) is 39.4 Å². The topological polar surface area (TPSA) is 54.2 Å². The van der Waals surface area contributed by atoms with Crippen molar-refractivity contribution in [3.63, 3.8) is 0 Å². The van der Waals surface area contributed by atoms with Crippen LogP contribution in [0.4, 0.5) is 5.82 Å². The van der Waals surface area contributed by atoms with Crippen LogP contribution in [-0.4, -0.2) is 22.5 Å². The van der Waals surface area contributed by atoms with Crippen molar-refractivity contribution in [1.29, 1.82) is 0 Å². The van der Waals surface area contributed by atoms with E-state index in [-0.39, 0.29) is 5.54 Å². The Kier molecular flexibility index (Phi) is 4.26. The highest BCUT2D eigenvalue weighted by Gasteiger charge is 2.21. The number of nitrogens with zero attached hydrogens (tertiary/aromatic N) is 2. The smallest absolute Gasteiger partial charge is 0.140 e. The summed E-state index contributed by atoms with van der Waals surface area (Å²) in [5.41, 5.74) is 3.78. The molecule has 0 spiro atoms. The maximum absolute atomic E-state index is 5.34. The molecule has 0 atom stereocenters. The van der Waals surface area contributed by atoms with Gasteiger partial charge in [0.05, 0.1) is 5.69 Å². The summed E-state index contributed by atoms with van der Waals surface area (Å²) in [5, 5.41) is 0. The summed E-state index contributed by atoms with van der Waals surface area (Å²) in [7, 11) is 2.12. The first-order chi connectivity index (χ1) is 7.49. The molecular formula is C12H22N4. The molecule has 0 unspecified atom stereocenters. The maximum Gasteiger partial charge on any atom is 0.140 e. The Labute approximate surface area is 97.8 Å². The lowest BCUT2D eigenvalue weighted by atomic mass is 10.00. The van der Waals surface area contributed by atoms with Crippen LogP contribution < -0.4 is 11.3 Å². The van der Waals surface area contributed by atoms with E-state index in [1.165, 1.54) is 0 Å². The molecule has 1 rings (SSSR count). The Balaban J connectivity index is 2.72. The molecule has 0 saturated carbocycles. The second-order valence-electron chi connectivity index (χ2n) is 4.68. The van der Waals surface area contributed by atoms with Gasteiger partial charge in [-0.1, -0.05) is 13.0 Å². The minimum atomic E-state index is 0.188. The number of anilines is 1. The van der Waals surface area contributed by atoms with Gasteiger partial charge >= 0.3 is 0 Å². The van der Waals surface area contributed by atoms with Gasteiger partial charge in [-0.25, -0.2) is 10.8 Å². The fourth-order valence-corrected chi connectivity index (χ4v) is 1.37. The standard InChI is InChI=1S/C12H22N4/c1-5-12(2,3)16(4)9-10-7-6-8-11(14-10)15-13/h6-8H,5,9,13H2,1-4H3,(H,14,15). The summed E-state index contributed by atoms with van der Waals surface area (Å²) >= 11 is 0. The molecule has 0 aliphatic carbocycles. The van der Waals surface area contributed by atoms with E-state index in [9.17, 15) is 0 Å². The molecule has 3 N–H and O–H groups in total. The summed E-state index contributed by atoms with van der Waals surface area (Å²) in [6, 6.07) is 5.84. The normalized spacial score (nSPS) is 11.9. The van der Waals surface area contributed by atoms with Gasteiger partial charge < -0.3 is 5.43 Å². The van der Waals surface area contributed by atoms with E-state index >= 15 is 0 Å². The van der Waals surface area contributed by atoms with Crippen LogP contribution in [0.2, 0.25) is 0 Å². The SMILES string of the molecule is CCC(C)(C)N(C)Cc1cccc(NN)n1. The van der Waals surface area contributed by atoms with Crippen LogP contribution in [-0.2, 0) is 6.54 Å². The van der Waals surface area contributed by atoms with Gasteiger partial charge in [0.25, 0.3) is 0 Å². The molecule has 4 heteroatoms. The van der Waals surface area contributed by atoms with Crippen molar-refractivity contribution in [2.45, 2.75) is 39.3 Å². The summed E-state index contributed by atoms with van der Waals surface area (Å²) in [6.07, 6.45) is 1.11. The minimum absolute atomic E-state index is 0.188. The van der Waals surface area contributed by atoms with Crippen molar-refractivity contribution >= 4 is 5.82 Å². The molecule has 0 radical (unpaired) electrons. The molecule has 1 aromatic rings. The molecule has 1 heterocycles. The lowest BCUT2D eigenvalue weighted by Crippen LogP contribution is -2.40. The lowest BCUT2D eigenvalue weighted by Gasteiger charge is -2.34. The molecule has 16 heavy (non-hydrogen) atoms. The van der Waals surface area contributed by atoms with Gasteiger partial charge in [-0.3, -0.25) is 4.90 Å². The van der Waals surface area contributed by atoms with E-state index in [1.54, 1.807) is 0 Å². The molecule has 0 bridgehead atoms. The summed E-state index contributed by atoms with van der Waals surface area (Å²) in [6.45, 7) is 7.49. The Morgan fingerprint density at radius 3 is 2.69 bits per heavy atom. The highest BCUT2D eigenvalue weighted by Crippen LogP contribution is 2.18. The first-order valence-electron chi connectivity index (χ1n) is 5.63. The zero-order valence-electron chi connectivity index (χ0n) is 10.6. The summed E-state index contributed by atoms with van der Waals surface area (Å²) in [5.74, 6) is 6.04. The lowest BCUT2D eigenvalue weighted by molar-refractivity contribution is 0.141. The van der Waals surface area contributed by atoms with Crippen molar-refractivity contribution in [3.8, 4) is 0 Å². The van der Waals surface area contributed by atoms with Crippen LogP contribution in [0.25, 0.3) is 0 Å². The predicted molar refractivity (Wildman–Crippen MR) is 67.9 cm³/mol. The third kappa shape index (κ3) is 3.18. The fourth-order valence-electron chi connectivity index (χ4n) is 1.37. The molecule has 0 aliphatic rings. The average Bonchev–Trinajstić information content (AvgIpc) is 2.29. The Hall–Kier alpha value is -1.13.